The van der Waals surface area contributed by atoms with Crippen LogP contribution in [0.4, 0.5) is 5.69 Å². The Morgan fingerprint density at radius 1 is 1.04 bits per heavy atom. The summed E-state index contributed by atoms with van der Waals surface area (Å²) in [6.45, 7) is 11.3. The fourth-order valence-corrected chi connectivity index (χ4v) is 2.88. The van der Waals surface area contributed by atoms with Crippen molar-refractivity contribution in [3.05, 3.63) is 29.3 Å². The molecule has 128 valence electrons. The minimum Gasteiger partial charge on any atom is -0.341 e. The lowest BCUT2D eigenvalue weighted by molar-refractivity contribution is -0.131. The molecule has 1 rings (SSSR count). The van der Waals surface area contributed by atoms with Crippen molar-refractivity contribution in [2.24, 2.45) is 0 Å². The van der Waals surface area contributed by atoms with E-state index < -0.39 is 0 Å². The third-order valence-electron chi connectivity index (χ3n) is 3.99. The van der Waals surface area contributed by atoms with E-state index in [1.165, 1.54) is 6.92 Å². The molecule has 1 aromatic rings. The van der Waals surface area contributed by atoms with Crippen LogP contribution in [0.25, 0.3) is 0 Å². The molecule has 0 spiro atoms. The Morgan fingerprint density at radius 2 is 1.65 bits per heavy atom. The molecule has 4 nitrogen and oxygen atoms in total. The molecule has 2 amide bonds. The lowest BCUT2D eigenvalue weighted by atomic mass is 10.0. The van der Waals surface area contributed by atoms with Crippen LogP contribution in [-0.2, 0) is 16.0 Å². The summed E-state index contributed by atoms with van der Waals surface area (Å²) in [6, 6.07) is 6.02. The Kier molecular flexibility index (Phi) is 7.79. The molecule has 0 aromatic heterocycles. The second-order valence-electron chi connectivity index (χ2n) is 5.92. The van der Waals surface area contributed by atoms with Gasteiger partial charge in [-0.2, -0.15) is 0 Å². The van der Waals surface area contributed by atoms with Gasteiger partial charge in [-0.25, -0.2) is 0 Å². The minimum absolute atomic E-state index is 0.0224. The van der Waals surface area contributed by atoms with Crippen LogP contribution in [0.2, 0.25) is 0 Å². The summed E-state index contributed by atoms with van der Waals surface area (Å²) in [5.74, 6) is -0.0653. The van der Waals surface area contributed by atoms with Crippen molar-refractivity contribution in [3.8, 4) is 0 Å². The van der Waals surface area contributed by atoms with Gasteiger partial charge in [0.15, 0.2) is 0 Å². The first-order valence-electron chi connectivity index (χ1n) is 8.60. The van der Waals surface area contributed by atoms with Gasteiger partial charge in [-0.05, 0) is 37.3 Å². The van der Waals surface area contributed by atoms with E-state index in [9.17, 15) is 9.59 Å². The summed E-state index contributed by atoms with van der Waals surface area (Å²) in [5.41, 5.74) is 3.03. The Labute approximate surface area is 140 Å². The van der Waals surface area contributed by atoms with Crippen LogP contribution in [0.5, 0.6) is 0 Å². The fraction of sp³-hybridized carbons (Fsp3) is 0.579. The molecule has 23 heavy (non-hydrogen) atoms. The largest absolute Gasteiger partial charge is 0.341 e. The van der Waals surface area contributed by atoms with Crippen molar-refractivity contribution in [3.63, 3.8) is 0 Å². The van der Waals surface area contributed by atoms with Gasteiger partial charge in [0, 0.05) is 20.0 Å². The second-order valence-corrected chi connectivity index (χ2v) is 5.92. The van der Waals surface area contributed by atoms with Crippen molar-refractivity contribution in [2.45, 2.75) is 53.9 Å². The molecule has 0 fully saturated rings. The number of hydrogen-bond donors (Lipinski definition) is 0. The summed E-state index contributed by atoms with van der Waals surface area (Å²) in [5, 5.41) is 0. The topological polar surface area (TPSA) is 40.6 Å². The lowest BCUT2D eigenvalue weighted by Crippen LogP contribution is -2.43. The molecule has 1 aromatic carbocycles. The van der Waals surface area contributed by atoms with E-state index in [-0.39, 0.29) is 18.4 Å². The van der Waals surface area contributed by atoms with Crippen molar-refractivity contribution in [2.75, 3.05) is 24.5 Å². The maximum atomic E-state index is 12.7. The summed E-state index contributed by atoms with van der Waals surface area (Å²) in [6.07, 6.45) is 2.69. The van der Waals surface area contributed by atoms with Gasteiger partial charge in [0.1, 0.15) is 6.54 Å². The first kappa shape index (κ1) is 19.2. The highest BCUT2D eigenvalue weighted by Crippen LogP contribution is 2.26. The number of amides is 2. The Bertz CT molecular complexity index is 534. The number of para-hydroxylation sites is 1. The van der Waals surface area contributed by atoms with Crippen molar-refractivity contribution in [1.82, 2.24) is 4.90 Å². The van der Waals surface area contributed by atoms with E-state index in [2.05, 4.69) is 20.8 Å². The molecule has 0 unspecified atom stereocenters. The summed E-state index contributed by atoms with van der Waals surface area (Å²) >= 11 is 0. The van der Waals surface area contributed by atoms with E-state index >= 15 is 0 Å². The molecule has 0 saturated heterocycles. The number of hydrogen-bond acceptors (Lipinski definition) is 2. The van der Waals surface area contributed by atoms with Gasteiger partial charge >= 0.3 is 0 Å². The number of nitrogens with zero attached hydrogens (tertiary/aromatic N) is 2. The number of aryl methyl sites for hydroxylation is 2. The van der Waals surface area contributed by atoms with E-state index in [0.717, 1.165) is 49.2 Å². The van der Waals surface area contributed by atoms with Gasteiger partial charge in [0.2, 0.25) is 11.8 Å². The minimum atomic E-state index is -0.0877. The van der Waals surface area contributed by atoms with Gasteiger partial charge in [-0.15, -0.1) is 0 Å². The molecule has 0 aliphatic rings. The zero-order valence-corrected chi connectivity index (χ0v) is 15.2. The van der Waals surface area contributed by atoms with Gasteiger partial charge < -0.3 is 9.80 Å². The molecule has 0 bridgehead atoms. The highest BCUT2D eigenvalue weighted by Gasteiger charge is 2.22. The predicted molar refractivity (Wildman–Crippen MR) is 95.7 cm³/mol. The lowest BCUT2D eigenvalue weighted by Gasteiger charge is -2.29. The molecule has 0 saturated carbocycles. The maximum Gasteiger partial charge on any atom is 0.242 e. The quantitative estimate of drug-likeness (QED) is 0.735. The molecule has 4 heteroatoms. The molecule has 0 aliphatic heterocycles. The zero-order valence-electron chi connectivity index (χ0n) is 15.2. The Morgan fingerprint density at radius 3 is 2.13 bits per heavy atom. The number of carbonyl (C=O) groups is 2. The van der Waals surface area contributed by atoms with Gasteiger partial charge in [-0.3, -0.25) is 9.59 Å². The van der Waals surface area contributed by atoms with Crippen molar-refractivity contribution >= 4 is 17.5 Å². The molecule has 0 aliphatic carbocycles. The zero-order chi connectivity index (χ0) is 17.4. The molecular weight excluding hydrogens is 288 g/mol. The van der Waals surface area contributed by atoms with Crippen LogP contribution in [0, 0.1) is 6.92 Å². The number of rotatable bonds is 8. The van der Waals surface area contributed by atoms with E-state index in [4.69, 9.17) is 0 Å². The third-order valence-corrected chi connectivity index (χ3v) is 3.99. The molecule has 0 radical (unpaired) electrons. The van der Waals surface area contributed by atoms with Crippen LogP contribution >= 0.6 is 0 Å². The highest BCUT2D eigenvalue weighted by atomic mass is 16.2. The first-order valence-corrected chi connectivity index (χ1v) is 8.60. The first-order chi connectivity index (χ1) is 11.0. The normalized spacial score (nSPS) is 10.5. The monoisotopic (exact) mass is 318 g/mol. The van der Waals surface area contributed by atoms with E-state index in [1.54, 1.807) is 4.90 Å². The summed E-state index contributed by atoms with van der Waals surface area (Å²) in [4.78, 5) is 28.3. The Hall–Kier alpha value is -1.84. The number of benzene rings is 1. The molecule has 0 atom stereocenters. The van der Waals surface area contributed by atoms with Crippen molar-refractivity contribution in [1.29, 1.82) is 0 Å². The molecule has 0 N–H and O–H groups in total. The SMILES string of the molecule is CCCN(CCC)C(=O)CN(C(C)=O)c1c(C)cccc1CC. The van der Waals surface area contributed by atoms with Crippen LogP contribution in [0.15, 0.2) is 18.2 Å². The van der Waals surface area contributed by atoms with Crippen LogP contribution in [0.1, 0.15) is 51.7 Å². The standard InChI is InChI=1S/C19H30N2O2/c1-6-12-20(13-7-2)18(23)14-21(16(5)22)19-15(4)10-9-11-17(19)8-3/h9-11H,6-8,12-14H2,1-5H3. The Balaban J connectivity index is 3.09. The average Bonchev–Trinajstić information content (AvgIpc) is 2.52. The fourth-order valence-electron chi connectivity index (χ4n) is 2.88. The number of carbonyl (C=O) groups excluding carboxylic acids is 2. The van der Waals surface area contributed by atoms with E-state index in [1.807, 2.05) is 30.0 Å². The molecular formula is C19H30N2O2. The van der Waals surface area contributed by atoms with Crippen molar-refractivity contribution < 1.29 is 9.59 Å². The summed E-state index contributed by atoms with van der Waals surface area (Å²) in [7, 11) is 0. The third kappa shape index (κ3) is 5.08. The number of anilines is 1. The van der Waals surface area contributed by atoms with Crippen LogP contribution < -0.4 is 4.90 Å². The highest BCUT2D eigenvalue weighted by molar-refractivity contribution is 5.98. The second kappa shape index (κ2) is 9.33. The van der Waals surface area contributed by atoms with Gasteiger partial charge in [0.25, 0.3) is 0 Å². The predicted octanol–water partition coefficient (Wildman–Crippen LogP) is 3.56. The van der Waals surface area contributed by atoms with Gasteiger partial charge in [-0.1, -0.05) is 39.0 Å². The maximum absolute atomic E-state index is 12.7. The molecule has 0 heterocycles. The smallest absolute Gasteiger partial charge is 0.242 e. The van der Waals surface area contributed by atoms with Gasteiger partial charge in [0.05, 0.1) is 5.69 Å². The average molecular weight is 318 g/mol. The van der Waals surface area contributed by atoms with Crippen LogP contribution in [-0.4, -0.2) is 36.3 Å². The van der Waals surface area contributed by atoms with Crippen LogP contribution in [0.3, 0.4) is 0 Å². The van der Waals surface area contributed by atoms with E-state index in [0.29, 0.717) is 0 Å². The summed E-state index contributed by atoms with van der Waals surface area (Å²) < 4.78 is 0.